The molecule has 3 aliphatic rings. The number of carbonyl (C=O) groups is 1. The number of aliphatic hydroxyl groups excluding tert-OH is 1. The van der Waals surface area contributed by atoms with Crippen LogP contribution in [0.15, 0.2) is 24.5 Å². The minimum absolute atomic E-state index is 0.0440. The fourth-order valence-corrected chi connectivity index (χ4v) is 5.89. The van der Waals surface area contributed by atoms with Crippen LogP contribution in [0, 0.1) is 11.8 Å². The Bertz CT molecular complexity index is 1010. The topological polar surface area (TPSA) is 73.1 Å². The van der Waals surface area contributed by atoms with Gasteiger partial charge in [0.05, 0.1) is 17.4 Å². The van der Waals surface area contributed by atoms with Crippen molar-refractivity contribution in [3.63, 3.8) is 0 Å². The van der Waals surface area contributed by atoms with Crippen molar-refractivity contribution in [2.24, 2.45) is 11.8 Å². The number of hydrogen-bond acceptors (Lipinski definition) is 5. The first-order chi connectivity index (χ1) is 15.8. The third kappa shape index (κ3) is 4.84. The van der Waals surface area contributed by atoms with Crippen LogP contribution in [0.2, 0.25) is 0 Å². The number of fused-ring (bicyclic) bond motifs is 1. The van der Waals surface area contributed by atoms with E-state index in [1.165, 1.54) is 5.56 Å². The van der Waals surface area contributed by atoms with Gasteiger partial charge in [-0.2, -0.15) is 5.10 Å². The van der Waals surface area contributed by atoms with E-state index < -0.39 is 12.3 Å². The molecule has 0 spiro atoms. The molecule has 2 aromatic heterocycles. The number of anilines is 1. The number of piperidine rings is 1. The number of pyridine rings is 1. The molecule has 180 valence electrons. The van der Waals surface area contributed by atoms with Crippen LogP contribution in [0.1, 0.15) is 51.0 Å². The maximum absolute atomic E-state index is 13.6. The second-order valence-electron chi connectivity index (χ2n) is 10.2. The summed E-state index contributed by atoms with van der Waals surface area (Å²) in [7, 11) is 0. The first-order valence-corrected chi connectivity index (χ1v) is 12.1. The number of aliphatic hydroxyl groups is 1. The van der Waals surface area contributed by atoms with Gasteiger partial charge in [-0.25, -0.2) is 13.3 Å². The van der Waals surface area contributed by atoms with Crippen molar-refractivity contribution in [3.05, 3.63) is 30.1 Å². The molecule has 1 aliphatic carbocycles. The molecule has 2 aromatic rings. The van der Waals surface area contributed by atoms with Gasteiger partial charge < -0.3 is 20.2 Å². The quantitative estimate of drug-likeness (QED) is 0.716. The lowest BCUT2D eigenvalue weighted by molar-refractivity contribution is -0.125. The number of nitrogens with one attached hydrogen (secondary N) is 1. The summed E-state index contributed by atoms with van der Waals surface area (Å²) >= 11 is 0. The molecule has 0 aromatic carbocycles. The van der Waals surface area contributed by atoms with Crippen LogP contribution >= 0.6 is 0 Å². The summed E-state index contributed by atoms with van der Waals surface area (Å²) in [4.78, 5) is 15.7. The van der Waals surface area contributed by atoms with Gasteiger partial charge in [0.1, 0.15) is 0 Å². The molecule has 9 heteroatoms. The Morgan fingerprint density at radius 3 is 2.85 bits per heavy atom. The molecule has 5 rings (SSSR count). The zero-order chi connectivity index (χ0) is 23.2. The first kappa shape index (κ1) is 22.5. The number of amides is 1. The largest absolute Gasteiger partial charge is 0.356 e. The molecule has 2 N–H and O–H groups in total. The van der Waals surface area contributed by atoms with Crippen molar-refractivity contribution in [3.8, 4) is 0 Å². The van der Waals surface area contributed by atoms with Gasteiger partial charge in [0.25, 0.3) is 0 Å². The molecule has 1 saturated carbocycles. The van der Waals surface area contributed by atoms with Crippen molar-refractivity contribution >= 4 is 17.1 Å². The van der Waals surface area contributed by atoms with E-state index in [4.69, 9.17) is 0 Å². The van der Waals surface area contributed by atoms with Gasteiger partial charge in [0, 0.05) is 44.6 Å². The van der Waals surface area contributed by atoms with Gasteiger partial charge in [0.15, 0.2) is 0 Å². The van der Waals surface area contributed by atoms with Crippen LogP contribution < -0.4 is 10.2 Å². The van der Waals surface area contributed by atoms with Gasteiger partial charge in [0.2, 0.25) is 18.2 Å². The first-order valence-electron chi connectivity index (χ1n) is 12.1. The van der Waals surface area contributed by atoms with Crippen LogP contribution in [0.5, 0.6) is 0 Å². The number of hydrogen-bond donors (Lipinski definition) is 2. The lowest BCUT2D eigenvalue weighted by atomic mass is 9.86. The molecule has 3 fully saturated rings. The van der Waals surface area contributed by atoms with Crippen molar-refractivity contribution in [1.82, 2.24) is 19.8 Å². The average Bonchev–Trinajstić information content (AvgIpc) is 3.32. The number of alkyl halides is 2. The maximum Gasteiger partial charge on any atom is 0.248 e. The fourth-order valence-electron chi connectivity index (χ4n) is 5.89. The van der Waals surface area contributed by atoms with Crippen molar-refractivity contribution in [2.45, 2.75) is 70.2 Å². The molecule has 0 bridgehead atoms. The van der Waals surface area contributed by atoms with Crippen LogP contribution in [0.4, 0.5) is 14.5 Å². The molecular weight excluding hydrogens is 428 g/mol. The fraction of sp³-hybridized carbons (Fsp3) is 0.667. The van der Waals surface area contributed by atoms with E-state index in [-0.39, 0.29) is 24.7 Å². The average molecular weight is 462 g/mol. The summed E-state index contributed by atoms with van der Waals surface area (Å²) in [5.41, 5.74) is 2.94. The zero-order valence-corrected chi connectivity index (χ0v) is 19.1. The van der Waals surface area contributed by atoms with Crippen molar-refractivity contribution < 1.29 is 18.7 Å². The molecule has 1 amide bonds. The minimum Gasteiger partial charge on any atom is -0.356 e. The van der Waals surface area contributed by atoms with E-state index in [9.17, 15) is 18.7 Å². The Hall–Kier alpha value is -2.26. The van der Waals surface area contributed by atoms with E-state index in [1.807, 2.05) is 6.20 Å². The number of carbonyl (C=O) groups excluding carboxylic acids is 1. The van der Waals surface area contributed by atoms with Crippen molar-refractivity contribution in [1.29, 1.82) is 0 Å². The van der Waals surface area contributed by atoms with E-state index in [2.05, 4.69) is 34.4 Å². The molecule has 0 radical (unpaired) electrons. The van der Waals surface area contributed by atoms with Gasteiger partial charge >= 0.3 is 0 Å². The maximum atomic E-state index is 13.6. The number of nitrogens with zero attached hydrogens (tertiary/aromatic N) is 4. The Balaban J connectivity index is 1.22. The lowest BCUT2D eigenvalue weighted by Gasteiger charge is -2.39. The van der Waals surface area contributed by atoms with Gasteiger partial charge in [-0.05, 0) is 68.7 Å². The third-order valence-corrected chi connectivity index (χ3v) is 7.69. The second kappa shape index (κ2) is 8.83. The molecule has 2 saturated heterocycles. The van der Waals surface area contributed by atoms with E-state index in [0.717, 1.165) is 43.6 Å². The van der Waals surface area contributed by atoms with Gasteiger partial charge in [-0.15, -0.1) is 0 Å². The lowest BCUT2D eigenvalue weighted by Crippen LogP contribution is -2.54. The summed E-state index contributed by atoms with van der Waals surface area (Å²) < 4.78 is 28.9. The van der Waals surface area contributed by atoms with Crippen LogP contribution in [0.25, 0.3) is 5.52 Å². The molecule has 4 heterocycles. The number of halogens is 2. The molecule has 4 atom stereocenters. The van der Waals surface area contributed by atoms with E-state index in [0.29, 0.717) is 31.3 Å². The standard InChI is InChI=1S/C24H33F2N5O2/c1-16-10-17(3-7-29(16)15-19-2-6-24(25,26)13-19)11-18-4-9-31-20(12-18)21(14-27-31)30-8-5-22(32)28-23(30)33/h4,9,12,14,16-17,19,23,33H,2-3,5-8,10-11,13,15H2,1H3,(H,28,32)/t16-,17+,19-,23?/m0/s1. The predicted octanol–water partition coefficient (Wildman–Crippen LogP) is 3.01. The summed E-state index contributed by atoms with van der Waals surface area (Å²) in [6.07, 6.45) is 6.79. The predicted molar refractivity (Wildman–Crippen MR) is 121 cm³/mol. The second-order valence-corrected chi connectivity index (χ2v) is 10.2. The highest BCUT2D eigenvalue weighted by Gasteiger charge is 2.40. The Morgan fingerprint density at radius 1 is 1.27 bits per heavy atom. The summed E-state index contributed by atoms with van der Waals surface area (Å²) in [6.45, 7) is 4.43. The monoisotopic (exact) mass is 461 g/mol. The van der Waals surface area contributed by atoms with Crippen molar-refractivity contribution in [2.75, 3.05) is 24.5 Å². The SMILES string of the molecule is C[C@H]1C[C@H](Cc2ccn3ncc(N4CCC(=O)NC4O)c3c2)CCN1C[C@H]1CCC(F)(F)C1. The zero-order valence-electron chi connectivity index (χ0n) is 19.1. The highest BCUT2D eigenvalue weighted by molar-refractivity contribution is 5.81. The van der Waals surface area contributed by atoms with Crippen LogP contribution in [-0.2, 0) is 11.2 Å². The Morgan fingerprint density at radius 2 is 2.12 bits per heavy atom. The highest BCUT2D eigenvalue weighted by Crippen LogP contribution is 2.40. The van der Waals surface area contributed by atoms with Gasteiger partial charge in [-0.1, -0.05) is 0 Å². The number of rotatable bonds is 5. The number of aromatic nitrogens is 2. The van der Waals surface area contributed by atoms with Gasteiger partial charge in [-0.3, -0.25) is 4.79 Å². The summed E-state index contributed by atoms with van der Waals surface area (Å²) in [5.74, 6) is -1.95. The molecule has 33 heavy (non-hydrogen) atoms. The normalized spacial score (nSPS) is 30.7. The molecule has 1 unspecified atom stereocenters. The molecule has 2 aliphatic heterocycles. The van der Waals surface area contributed by atoms with E-state index >= 15 is 0 Å². The minimum atomic E-state index is -2.47. The summed E-state index contributed by atoms with van der Waals surface area (Å²) in [6, 6.07) is 4.62. The summed E-state index contributed by atoms with van der Waals surface area (Å²) in [5, 5.41) is 17.3. The molecular formula is C24H33F2N5O2. The smallest absolute Gasteiger partial charge is 0.248 e. The Kier molecular flexibility index (Phi) is 6.03. The van der Waals surface area contributed by atoms with Crippen LogP contribution in [-0.4, -0.2) is 63.5 Å². The highest BCUT2D eigenvalue weighted by atomic mass is 19.3. The number of likely N-dealkylation sites (tertiary alicyclic amines) is 1. The Labute approximate surface area is 192 Å². The van der Waals surface area contributed by atoms with Crippen LogP contribution in [0.3, 0.4) is 0 Å². The molecule has 7 nitrogen and oxygen atoms in total. The third-order valence-electron chi connectivity index (χ3n) is 7.69. The van der Waals surface area contributed by atoms with E-state index in [1.54, 1.807) is 15.6 Å².